The van der Waals surface area contributed by atoms with Gasteiger partial charge < -0.3 is 5.32 Å². The summed E-state index contributed by atoms with van der Waals surface area (Å²) in [5.74, 6) is 0.00811. The third kappa shape index (κ3) is 5.23. The highest BCUT2D eigenvalue weighted by Crippen LogP contribution is 2.24. The van der Waals surface area contributed by atoms with Crippen molar-refractivity contribution in [3.63, 3.8) is 0 Å². The van der Waals surface area contributed by atoms with Crippen molar-refractivity contribution in [3.8, 4) is 11.1 Å². The normalized spacial score (nSPS) is 10.6. The van der Waals surface area contributed by atoms with Gasteiger partial charge in [0.1, 0.15) is 0 Å². The van der Waals surface area contributed by atoms with Gasteiger partial charge in [-0.05, 0) is 35.6 Å². The Morgan fingerprint density at radius 2 is 1.58 bits per heavy atom. The number of aryl methyl sites for hydroxylation is 1. The number of rotatable bonds is 9. The third-order valence-electron chi connectivity index (χ3n) is 4.49. The first-order chi connectivity index (χ1) is 11.8. The van der Waals surface area contributed by atoms with Crippen LogP contribution in [0.4, 0.5) is 0 Å². The van der Waals surface area contributed by atoms with Crippen LogP contribution in [0.1, 0.15) is 61.4 Å². The summed E-state index contributed by atoms with van der Waals surface area (Å²) in [5, 5.41) is 2.78. The molecule has 2 rings (SSSR count). The van der Waals surface area contributed by atoms with E-state index in [1.807, 2.05) is 24.3 Å². The molecule has 0 atom stereocenters. The maximum absolute atomic E-state index is 12.3. The van der Waals surface area contributed by atoms with E-state index in [0.29, 0.717) is 0 Å². The van der Waals surface area contributed by atoms with Crippen molar-refractivity contribution < 1.29 is 4.79 Å². The van der Waals surface area contributed by atoms with E-state index in [1.165, 1.54) is 32.1 Å². The zero-order valence-corrected chi connectivity index (χ0v) is 15.0. The molecule has 0 aliphatic rings. The van der Waals surface area contributed by atoms with Crippen LogP contribution in [0.25, 0.3) is 11.1 Å². The average molecular weight is 323 g/mol. The molecule has 2 aromatic carbocycles. The number of nitrogens with one attached hydrogen (secondary N) is 1. The summed E-state index contributed by atoms with van der Waals surface area (Å²) < 4.78 is 0. The lowest BCUT2D eigenvalue weighted by atomic mass is 9.95. The summed E-state index contributed by atoms with van der Waals surface area (Å²) in [7, 11) is 1.70. The standard InChI is InChI=1S/C22H29NO/c1-3-4-5-6-7-9-14-19-15-16-20(17-21(19)22(24)23-2)18-12-10-8-11-13-18/h8,10-13,15-17H,3-7,9,14H2,1-2H3,(H,23,24). The Hall–Kier alpha value is -2.09. The molecule has 0 bridgehead atoms. The Morgan fingerprint density at radius 1 is 0.875 bits per heavy atom. The minimum Gasteiger partial charge on any atom is -0.355 e. The molecule has 0 saturated carbocycles. The minimum atomic E-state index is 0.00811. The van der Waals surface area contributed by atoms with Crippen LogP contribution < -0.4 is 5.32 Å². The lowest BCUT2D eigenvalue weighted by Crippen LogP contribution is -2.19. The second-order valence-electron chi connectivity index (χ2n) is 6.33. The molecule has 0 aromatic heterocycles. The molecule has 1 N–H and O–H groups in total. The molecule has 2 heteroatoms. The molecule has 2 nitrogen and oxygen atoms in total. The average Bonchev–Trinajstić information content (AvgIpc) is 2.64. The first-order valence-electron chi connectivity index (χ1n) is 9.16. The first kappa shape index (κ1) is 18.3. The topological polar surface area (TPSA) is 29.1 Å². The fraction of sp³-hybridized carbons (Fsp3) is 0.409. The van der Waals surface area contributed by atoms with Crippen molar-refractivity contribution in [1.29, 1.82) is 0 Å². The molecule has 0 fully saturated rings. The molecule has 128 valence electrons. The Labute approximate surface area is 146 Å². The lowest BCUT2D eigenvalue weighted by Gasteiger charge is -2.11. The van der Waals surface area contributed by atoms with Gasteiger partial charge in [0.05, 0.1) is 0 Å². The number of amides is 1. The second-order valence-corrected chi connectivity index (χ2v) is 6.33. The van der Waals surface area contributed by atoms with Crippen LogP contribution in [-0.2, 0) is 6.42 Å². The van der Waals surface area contributed by atoms with Gasteiger partial charge in [0.25, 0.3) is 5.91 Å². The van der Waals surface area contributed by atoms with Crippen LogP contribution in [0.3, 0.4) is 0 Å². The van der Waals surface area contributed by atoms with Crippen molar-refractivity contribution in [2.75, 3.05) is 7.05 Å². The summed E-state index contributed by atoms with van der Waals surface area (Å²) in [4.78, 5) is 12.3. The van der Waals surface area contributed by atoms with Gasteiger partial charge in [-0.3, -0.25) is 4.79 Å². The number of hydrogen-bond acceptors (Lipinski definition) is 1. The van der Waals surface area contributed by atoms with Crippen LogP contribution >= 0.6 is 0 Å². The van der Waals surface area contributed by atoms with Gasteiger partial charge in [-0.15, -0.1) is 0 Å². The van der Waals surface area contributed by atoms with E-state index >= 15 is 0 Å². The Morgan fingerprint density at radius 3 is 2.29 bits per heavy atom. The van der Waals surface area contributed by atoms with Gasteiger partial charge in [0.2, 0.25) is 0 Å². The maximum Gasteiger partial charge on any atom is 0.251 e. The minimum absolute atomic E-state index is 0.00811. The van der Waals surface area contributed by atoms with Crippen LogP contribution in [0.5, 0.6) is 0 Å². The molecule has 0 spiro atoms. The van der Waals surface area contributed by atoms with Crippen LogP contribution in [0, 0.1) is 0 Å². The number of benzene rings is 2. The molecular weight excluding hydrogens is 294 g/mol. The van der Waals surface area contributed by atoms with E-state index < -0.39 is 0 Å². The molecule has 1 amide bonds. The number of hydrogen-bond donors (Lipinski definition) is 1. The summed E-state index contributed by atoms with van der Waals surface area (Å²) >= 11 is 0. The van der Waals surface area contributed by atoms with Gasteiger partial charge >= 0.3 is 0 Å². The van der Waals surface area contributed by atoms with Crippen molar-refractivity contribution in [3.05, 3.63) is 59.7 Å². The Kier molecular flexibility index (Phi) is 7.54. The Balaban J connectivity index is 2.08. The zero-order chi connectivity index (χ0) is 17.2. The van der Waals surface area contributed by atoms with Crippen molar-refractivity contribution in [2.24, 2.45) is 0 Å². The van der Waals surface area contributed by atoms with Crippen molar-refractivity contribution >= 4 is 5.91 Å². The highest BCUT2D eigenvalue weighted by molar-refractivity contribution is 5.96. The van der Waals surface area contributed by atoms with Crippen molar-refractivity contribution in [2.45, 2.75) is 51.9 Å². The van der Waals surface area contributed by atoms with E-state index in [9.17, 15) is 4.79 Å². The molecule has 0 unspecified atom stereocenters. The van der Waals surface area contributed by atoms with Gasteiger partial charge in [-0.1, -0.05) is 81.5 Å². The molecule has 0 radical (unpaired) electrons. The summed E-state index contributed by atoms with van der Waals surface area (Å²) in [6.45, 7) is 2.24. The SMILES string of the molecule is CCCCCCCCc1ccc(-c2ccccc2)cc1C(=O)NC. The smallest absolute Gasteiger partial charge is 0.251 e. The zero-order valence-electron chi connectivity index (χ0n) is 15.0. The fourth-order valence-electron chi connectivity index (χ4n) is 3.05. The molecule has 0 heterocycles. The quantitative estimate of drug-likeness (QED) is 0.596. The van der Waals surface area contributed by atoms with E-state index in [-0.39, 0.29) is 5.91 Å². The summed E-state index contributed by atoms with van der Waals surface area (Å²) in [6.07, 6.45) is 8.60. The van der Waals surface area contributed by atoms with Gasteiger partial charge in [0, 0.05) is 12.6 Å². The molecule has 0 aliphatic heterocycles. The summed E-state index contributed by atoms with van der Waals surface area (Å²) in [5.41, 5.74) is 4.21. The predicted molar refractivity (Wildman–Crippen MR) is 102 cm³/mol. The molecule has 2 aromatic rings. The van der Waals surface area contributed by atoms with Crippen LogP contribution in [0.15, 0.2) is 48.5 Å². The van der Waals surface area contributed by atoms with Gasteiger partial charge in [-0.25, -0.2) is 0 Å². The molecule has 0 aliphatic carbocycles. The molecule has 24 heavy (non-hydrogen) atoms. The lowest BCUT2D eigenvalue weighted by molar-refractivity contribution is 0.0962. The van der Waals surface area contributed by atoms with Gasteiger partial charge in [-0.2, -0.15) is 0 Å². The van der Waals surface area contributed by atoms with Gasteiger partial charge in [0.15, 0.2) is 0 Å². The highest BCUT2D eigenvalue weighted by Gasteiger charge is 2.11. The summed E-state index contributed by atoms with van der Waals surface area (Å²) in [6, 6.07) is 16.5. The van der Waals surface area contributed by atoms with E-state index in [4.69, 9.17) is 0 Å². The van der Waals surface area contributed by atoms with E-state index in [0.717, 1.165) is 35.1 Å². The third-order valence-corrected chi connectivity index (χ3v) is 4.49. The van der Waals surface area contributed by atoms with Crippen LogP contribution in [0.2, 0.25) is 0 Å². The first-order valence-corrected chi connectivity index (χ1v) is 9.16. The number of carbonyl (C=O) groups excluding carboxylic acids is 1. The number of carbonyl (C=O) groups is 1. The monoisotopic (exact) mass is 323 g/mol. The molecular formula is C22H29NO. The Bertz CT molecular complexity index is 634. The van der Waals surface area contributed by atoms with E-state index in [2.05, 4.69) is 36.5 Å². The number of unbranched alkanes of at least 4 members (excludes halogenated alkanes) is 5. The highest BCUT2D eigenvalue weighted by atomic mass is 16.1. The molecule has 0 saturated heterocycles. The fourth-order valence-corrected chi connectivity index (χ4v) is 3.05. The van der Waals surface area contributed by atoms with Crippen LogP contribution in [-0.4, -0.2) is 13.0 Å². The van der Waals surface area contributed by atoms with E-state index in [1.54, 1.807) is 7.05 Å². The predicted octanol–water partition coefficient (Wildman–Crippen LogP) is 5.62. The van der Waals surface area contributed by atoms with Crippen molar-refractivity contribution in [1.82, 2.24) is 5.32 Å². The second kappa shape index (κ2) is 9.92. The largest absolute Gasteiger partial charge is 0.355 e. The maximum atomic E-state index is 12.3.